The predicted molar refractivity (Wildman–Crippen MR) is 70.9 cm³/mol. The molecule has 1 amide bonds. The number of carbonyl (C=O) groups is 1. The lowest BCUT2D eigenvalue weighted by Crippen LogP contribution is -2.32. The van der Waals surface area contributed by atoms with E-state index in [1.165, 1.54) is 12.1 Å². The molecule has 0 aromatic heterocycles. The first-order valence-electron chi connectivity index (χ1n) is 4.97. The molecule has 0 atom stereocenters. The Morgan fingerprint density at radius 2 is 2.19 bits per heavy atom. The molecule has 16 heavy (non-hydrogen) atoms. The van der Waals surface area contributed by atoms with Gasteiger partial charge in [-0.3, -0.25) is 4.79 Å². The molecule has 0 aliphatic heterocycles. The number of carbonyl (C=O) groups excluding carboxylic acids is 1. The summed E-state index contributed by atoms with van der Waals surface area (Å²) in [5.74, 6) is -0.430. The third-order valence-electron chi connectivity index (χ3n) is 1.88. The van der Waals surface area contributed by atoms with Gasteiger partial charge >= 0.3 is 0 Å². The number of amides is 1. The van der Waals surface area contributed by atoms with Crippen molar-refractivity contribution in [3.8, 4) is 0 Å². The van der Waals surface area contributed by atoms with E-state index in [1.807, 2.05) is 36.4 Å². The van der Waals surface area contributed by atoms with Crippen LogP contribution >= 0.6 is 22.6 Å². The second-order valence-corrected chi connectivity index (χ2v) is 4.87. The molecule has 0 saturated heterocycles. The van der Waals surface area contributed by atoms with Crippen LogP contribution < -0.4 is 10.6 Å². The Morgan fingerprint density at radius 1 is 1.50 bits per heavy atom. The van der Waals surface area contributed by atoms with Crippen LogP contribution in [0.25, 0.3) is 0 Å². The highest BCUT2D eigenvalue weighted by molar-refractivity contribution is 14.1. The van der Waals surface area contributed by atoms with Gasteiger partial charge in [0, 0.05) is 9.61 Å². The minimum Gasteiger partial charge on any atom is -0.324 e. The molecule has 1 aromatic carbocycles. The highest BCUT2D eigenvalue weighted by Crippen LogP contribution is 2.18. The molecule has 0 unspecified atom stereocenters. The number of benzene rings is 1. The molecule has 0 heterocycles. The molecule has 0 aliphatic carbocycles. The van der Waals surface area contributed by atoms with Gasteiger partial charge in [-0.15, -0.1) is 0 Å². The van der Waals surface area contributed by atoms with Gasteiger partial charge in [0.2, 0.25) is 5.91 Å². The van der Waals surface area contributed by atoms with Crippen LogP contribution in [0, 0.1) is 9.39 Å². The Kier molecular flexibility index (Phi) is 5.14. The van der Waals surface area contributed by atoms with Crippen LogP contribution in [0.5, 0.6) is 0 Å². The lowest BCUT2D eigenvalue weighted by atomic mass is 10.3. The highest BCUT2D eigenvalue weighted by Gasteiger charge is 2.06. The van der Waals surface area contributed by atoms with E-state index < -0.39 is 0 Å². The first-order chi connectivity index (χ1) is 7.49. The predicted octanol–water partition coefficient (Wildman–Crippen LogP) is 2.37. The van der Waals surface area contributed by atoms with E-state index in [9.17, 15) is 9.18 Å². The van der Waals surface area contributed by atoms with Gasteiger partial charge < -0.3 is 10.6 Å². The van der Waals surface area contributed by atoms with Crippen molar-refractivity contribution in [3.05, 3.63) is 27.6 Å². The molecule has 2 N–H and O–H groups in total. The number of nitrogens with one attached hydrogen (secondary N) is 2. The van der Waals surface area contributed by atoms with Gasteiger partial charge in [-0.1, -0.05) is 13.8 Å². The Morgan fingerprint density at radius 3 is 2.75 bits per heavy atom. The summed E-state index contributed by atoms with van der Waals surface area (Å²) in [4.78, 5) is 11.5. The number of halogens is 2. The minimum atomic E-state index is -0.303. The highest BCUT2D eigenvalue weighted by atomic mass is 127. The molecule has 3 nitrogen and oxygen atoms in total. The van der Waals surface area contributed by atoms with Crippen molar-refractivity contribution in [3.63, 3.8) is 0 Å². The van der Waals surface area contributed by atoms with E-state index in [2.05, 4.69) is 10.6 Å². The van der Waals surface area contributed by atoms with E-state index in [0.29, 0.717) is 9.26 Å². The molecular weight excluding hydrogens is 322 g/mol. The van der Waals surface area contributed by atoms with Crippen molar-refractivity contribution in [2.75, 3.05) is 11.9 Å². The quantitative estimate of drug-likeness (QED) is 0.829. The number of hydrogen-bond acceptors (Lipinski definition) is 2. The summed E-state index contributed by atoms with van der Waals surface area (Å²) in [6, 6.07) is 4.53. The first-order valence-corrected chi connectivity index (χ1v) is 6.05. The fraction of sp³-hybridized carbons (Fsp3) is 0.364. The monoisotopic (exact) mass is 336 g/mol. The van der Waals surface area contributed by atoms with Gasteiger partial charge in [-0.2, -0.15) is 0 Å². The van der Waals surface area contributed by atoms with Crippen LogP contribution in [0.15, 0.2) is 18.2 Å². The minimum absolute atomic E-state index is 0.127. The number of hydrogen-bond donors (Lipinski definition) is 2. The largest absolute Gasteiger partial charge is 0.324 e. The summed E-state index contributed by atoms with van der Waals surface area (Å²) < 4.78 is 13.5. The zero-order valence-electron chi connectivity index (χ0n) is 9.18. The molecule has 0 bridgehead atoms. The fourth-order valence-electron chi connectivity index (χ4n) is 1.08. The Bertz CT molecular complexity index is 382. The third-order valence-corrected chi connectivity index (χ3v) is 2.77. The topological polar surface area (TPSA) is 41.1 Å². The molecule has 0 fully saturated rings. The van der Waals surface area contributed by atoms with Crippen molar-refractivity contribution < 1.29 is 9.18 Å². The van der Waals surface area contributed by atoms with Gasteiger partial charge in [-0.05, 0) is 40.8 Å². The molecule has 0 saturated carbocycles. The van der Waals surface area contributed by atoms with Crippen molar-refractivity contribution in [2.45, 2.75) is 19.9 Å². The standard InChI is InChI=1S/C11H14FIN2O/c1-7(2)14-6-11(16)15-10-4-3-8(12)5-9(10)13/h3-5,7,14H,6H2,1-2H3,(H,15,16). The smallest absolute Gasteiger partial charge is 0.238 e. The SMILES string of the molecule is CC(C)NCC(=O)Nc1ccc(F)cc1I. The lowest BCUT2D eigenvalue weighted by Gasteiger charge is -2.10. The molecular formula is C11H14FIN2O. The lowest BCUT2D eigenvalue weighted by molar-refractivity contribution is -0.115. The fourth-order valence-corrected chi connectivity index (χ4v) is 1.69. The zero-order chi connectivity index (χ0) is 12.1. The zero-order valence-corrected chi connectivity index (χ0v) is 11.3. The summed E-state index contributed by atoms with van der Waals surface area (Å²) in [6.45, 7) is 4.19. The summed E-state index contributed by atoms with van der Waals surface area (Å²) >= 11 is 1.99. The molecule has 1 aromatic rings. The van der Waals surface area contributed by atoms with E-state index >= 15 is 0 Å². The van der Waals surface area contributed by atoms with Gasteiger partial charge in [0.25, 0.3) is 0 Å². The molecule has 0 spiro atoms. The summed E-state index contributed by atoms with van der Waals surface area (Å²) in [6.07, 6.45) is 0. The van der Waals surface area contributed by atoms with Crippen LogP contribution in [-0.2, 0) is 4.79 Å². The number of anilines is 1. The second kappa shape index (κ2) is 6.15. The van der Waals surface area contributed by atoms with Crippen LogP contribution in [-0.4, -0.2) is 18.5 Å². The molecule has 1 rings (SSSR count). The maximum Gasteiger partial charge on any atom is 0.238 e. The van der Waals surface area contributed by atoms with Crippen LogP contribution in [0.1, 0.15) is 13.8 Å². The number of rotatable bonds is 4. The van der Waals surface area contributed by atoms with E-state index in [-0.39, 0.29) is 24.3 Å². The normalized spacial score (nSPS) is 10.6. The van der Waals surface area contributed by atoms with Crippen molar-refractivity contribution in [2.24, 2.45) is 0 Å². The van der Waals surface area contributed by atoms with Gasteiger partial charge in [-0.25, -0.2) is 4.39 Å². The average molecular weight is 336 g/mol. The van der Waals surface area contributed by atoms with Crippen molar-refractivity contribution in [1.29, 1.82) is 0 Å². The van der Waals surface area contributed by atoms with E-state index in [1.54, 1.807) is 6.07 Å². The Hall–Kier alpha value is -0.690. The molecule has 5 heteroatoms. The van der Waals surface area contributed by atoms with Crippen LogP contribution in [0.2, 0.25) is 0 Å². The Labute approximate surface area is 108 Å². The van der Waals surface area contributed by atoms with Crippen LogP contribution in [0.3, 0.4) is 0 Å². The molecule has 88 valence electrons. The van der Waals surface area contributed by atoms with Gasteiger partial charge in [0.1, 0.15) is 5.82 Å². The van der Waals surface area contributed by atoms with Crippen molar-refractivity contribution >= 4 is 34.2 Å². The Balaban J connectivity index is 2.56. The average Bonchev–Trinajstić information content (AvgIpc) is 2.19. The second-order valence-electron chi connectivity index (χ2n) is 3.71. The molecule has 0 aliphatic rings. The van der Waals surface area contributed by atoms with Gasteiger partial charge in [0.15, 0.2) is 0 Å². The van der Waals surface area contributed by atoms with Crippen molar-refractivity contribution in [1.82, 2.24) is 5.32 Å². The summed E-state index contributed by atoms with van der Waals surface area (Å²) in [5, 5.41) is 5.72. The third kappa shape index (κ3) is 4.44. The summed E-state index contributed by atoms with van der Waals surface area (Å²) in [5.41, 5.74) is 0.637. The van der Waals surface area contributed by atoms with Crippen LogP contribution in [0.4, 0.5) is 10.1 Å². The van der Waals surface area contributed by atoms with E-state index in [4.69, 9.17) is 0 Å². The molecule has 0 radical (unpaired) electrons. The maximum absolute atomic E-state index is 12.8. The summed E-state index contributed by atoms with van der Waals surface area (Å²) in [7, 11) is 0. The van der Waals surface area contributed by atoms with Gasteiger partial charge in [0.05, 0.1) is 12.2 Å². The van der Waals surface area contributed by atoms with E-state index in [0.717, 1.165) is 0 Å². The maximum atomic E-state index is 12.8. The first kappa shape index (κ1) is 13.4.